The zero-order valence-corrected chi connectivity index (χ0v) is 18.6. The number of morpholine rings is 1. The van der Waals surface area contributed by atoms with Crippen molar-refractivity contribution in [2.75, 3.05) is 62.3 Å². The Hall–Kier alpha value is -1.94. The van der Waals surface area contributed by atoms with E-state index in [1.165, 1.54) is 0 Å². The minimum atomic E-state index is -3.38. The topological polar surface area (TPSA) is 78.9 Å². The highest BCUT2D eigenvalue weighted by atomic mass is 35.5. The van der Waals surface area contributed by atoms with Crippen LogP contribution in [0.4, 0.5) is 11.8 Å². The molecule has 0 bridgehead atoms. The summed E-state index contributed by atoms with van der Waals surface area (Å²) in [7, 11) is -3.38. The van der Waals surface area contributed by atoms with Crippen LogP contribution in [0.15, 0.2) is 30.3 Å². The molecule has 0 radical (unpaired) electrons. The molecule has 3 heterocycles. The van der Waals surface area contributed by atoms with Crippen molar-refractivity contribution in [1.82, 2.24) is 14.3 Å². The van der Waals surface area contributed by atoms with E-state index < -0.39 is 10.0 Å². The van der Waals surface area contributed by atoms with Gasteiger partial charge < -0.3 is 14.5 Å². The molecule has 0 spiro atoms. The number of aryl methyl sites for hydroxylation is 1. The monoisotopic (exact) mass is 451 g/mol. The lowest BCUT2D eigenvalue weighted by Gasteiger charge is -2.35. The second-order valence-electron chi connectivity index (χ2n) is 7.54. The highest BCUT2D eigenvalue weighted by Crippen LogP contribution is 2.22. The number of nitrogens with zero attached hydrogens (tertiary/aromatic N) is 5. The summed E-state index contributed by atoms with van der Waals surface area (Å²) < 4.78 is 32.6. The number of aromatic nitrogens is 2. The minimum Gasteiger partial charge on any atom is -0.378 e. The van der Waals surface area contributed by atoms with E-state index in [1.807, 2.05) is 13.0 Å². The molecule has 2 aliphatic rings. The van der Waals surface area contributed by atoms with Gasteiger partial charge in [0, 0.05) is 56.1 Å². The van der Waals surface area contributed by atoms with E-state index in [-0.39, 0.29) is 5.75 Å². The lowest BCUT2D eigenvalue weighted by atomic mass is 10.2. The molecule has 30 heavy (non-hydrogen) atoms. The van der Waals surface area contributed by atoms with Crippen LogP contribution in [0.5, 0.6) is 0 Å². The van der Waals surface area contributed by atoms with Crippen molar-refractivity contribution in [3.8, 4) is 0 Å². The fourth-order valence-electron chi connectivity index (χ4n) is 3.68. The summed E-state index contributed by atoms with van der Waals surface area (Å²) in [5.41, 5.74) is 1.64. The van der Waals surface area contributed by atoms with Crippen LogP contribution in [-0.2, 0) is 20.5 Å². The van der Waals surface area contributed by atoms with Crippen molar-refractivity contribution in [3.05, 3.63) is 46.6 Å². The molecular formula is C20H26ClN5O3S. The van der Waals surface area contributed by atoms with Gasteiger partial charge in [0.25, 0.3) is 0 Å². The number of ether oxygens (including phenoxy) is 1. The Bertz CT molecular complexity index is 972. The Labute approximate surface area is 182 Å². The van der Waals surface area contributed by atoms with Gasteiger partial charge in [-0.15, -0.1) is 0 Å². The predicted octanol–water partition coefficient (Wildman–Crippen LogP) is 1.93. The molecule has 2 fully saturated rings. The fraction of sp³-hybridized carbons (Fsp3) is 0.500. The van der Waals surface area contributed by atoms with Crippen molar-refractivity contribution in [1.29, 1.82) is 0 Å². The zero-order chi connectivity index (χ0) is 21.1. The molecular weight excluding hydrogens is 426 g/mol. The molecule has 8 nitrogen and oxygen atoms in total. The number of halogens is 1. The molecule has 0 atom stereocenters. The lowest BCUT2D eigenvalue weighted by molar-refractivity contribution is 0.122. The predicted molar refractivity (Wildman–Crippen MR) is 118 cm³/mol. The Morgan fingerprint density at radius 3 is 2.30 bits per heavy atom. The molecule has 2 saturated heterocycles. The highest BCUT2D eigenvalue weighted by molar-refractivity contribution is 7.88. The first-order chi connectivity index (χ1) is 14.4. The first-order valence-electron chi connectivity index (χ1n) is 10.1. The van der Waals surface area contributed by atoms with Crippen molar-refractivity contribution in [2.24, 2.45) is 0 Å². The highest BCUT2D eigenvalue weighted by Gasteiger charge is 2.28. The molecule has 1 aromatic heterocycles. The van der Waals surface area contributed by atoms with Gasteiger partial charge in [-0.1, -0.05) is 23.7 Å². The van der Waals surface area contributed by atoms with Crippen LogP contribution in [-0.4, -0.2) is 75.2 Å². The van der Waals surface area contributed by atoms with Gasteiger partial charge in [-0.3, -0.25) is 0 Å². The van der Waals surface area contributed by atoms with Gasteiger partial charge in [-0.2, -0.15) is 9.29 Å². The lowest BCUT2D eigenvalue weighted by Crippen LogP contribution is -2.49. The molecule has 10 heteroatoms. The van der Waals surface area contributed by atoms with E-state index in [9.17, 15) is 8.42 Å². The largest absolute Gasteiger partial charge is 0.378 e. The molecule has 4 rings (SSSR count). The summed E-state index contributed by atoms with van der Waals surface area (Å²) in [6.07, 6.45) is 0. The average molecular weight is 452 g/mol. The smallest absolute Gasteiger partial charge is 0.227 e. The maximum absolute atomic E-state index is 12.8. The summed E-state index contributed by atoms with van der Waals surface area (Å²) >= 11 is 5.89. The Morgan fingerprint density at radius 1 is 0.967 bits per heavy atom. The van der Waals surface area contributed by atoms with E-state index in [1.54, 1.807) is 28.6 Å². The number of anilines is 2. The van der Waals surface area contributed by atoms with Crippen LogP contribution in [0, 0.1) is 6.92 Å². The maximum Gasteiger partial charge on any atom is 0.227 e. The first-order valence-corrected chi connectivity index (χ1v) is 12.0. The van der Waals surface area contributed by atoms with Crippen molar-refractivity contribution < 1.29 is 13.2 Å². The molecule has 162 valence electrons. The van der Waals surface area contributed by atoms with Gasteiger partial charge in [0.1, 0.15) is 5.82 Å². The van der Waals surface area contributed by atoms with Gasteiger partial charge in [0.05, 0.1) is 19.0 Å². The number of sulfonamides is 1. The molecule has 0 amide bonds. The Balaban J connectivity index is 1.41. The summed E-state index contributed by atoms with van der Waals surface area (Å²) in [4.78, 5) is 13.6. The van der Waals surface area contributed by atoms with Crippen molar-refractivity contribution in [2.45, 2.75) is 12.7 Å². The summed E-state index contributed by atoms with van der Waals surface area (Å²) in [6, 6.07) is 8.91. The van der Waals surface area contributed by atoms with Crippen LogP contribution < -0.4 is 9.80 Å². The third-order valence-electron chi connectivity index (χ3n) is 5.34. The van der Waals surface area contributed by atoms with Gasteiger partial charge in [-0.25, -0.2) is 13.4 Å². The second-order valence-corrected chi connectivity index (χ2v) is 9.94. The first kappa shape index (κ1) is 21.3. The van der Waals surface area contributed by atoms with Gasteiger partial charge >= 0.3 is 0 Å². The normalized spacial score (nSPS) is 18.6. The summed E-state index contributed by atoms with van der Waals surface area (Å²) in [5, 5.41) is 0.598. The molecule has 2 aliphatic heterocycles. The number of hydrogen-bond donors (Lipinski definition) is 0. The molecule has 0 aliphatic carbocycles. The van der Waals surface area contributed by atoms with Crippen LogP contribution in [0.25, 0.3) is 0 Å². The van der Waals surface area contributed by atoms with Crippen LogP contribution in [0.3, 0.4) is 0 Å². The molecule has 0 unspecified atom stereocenters. The number of piperazine rings is 1. The zero-order valence-electron chi connectivity index (χ0n) is 17.0. The van der Waals surface area contributed by atoms with E-state index in [0.717, 1.165) is 30.2 Å². The van der Waals surface area contributed by atoms with Crippen molar-refractivity contribution in [3.63, 3.8) is 0 Å². The molecule has 2 aromatic rings. The Morgan fingerprint density at radius 2 is 1.63 bits per heavy atom. The van der Waals surface area contributed by atoms with Crippen LogP contribution in [0.2, 0.25) is 5.02 Å². The number of rotatable bonds is 5. The fourth-order valence-corrected chi connectivity index (χ4v) is 5.32. The minimum absolute atomic E-state index is 0.0159. The molecule has 0 saturated carbocycles. The second kappa shape index (κ2) is 9.05. The van der Waals surface area contributed by atoms with Gasteiger partial charge in [0.2, 0.25) is 16.0 Å². The molecule has 0 N–H and O–H groups in total. The molecule has 1 aromatic carbocycles. The quantitative estimate of drug-likeness (QED) is 0.687. The maximum atomic E-state index is 12.8. The van der Waals surface area contributed by atoms with E-state index in [4.69, 9.17) is 21.3 Å². The van der Waals surface area contributed by atoms with Crippen molar-refractivity contribution >= 4 is 33.4 Å². The number of hydrogen-bond acceptors (Lipinski definition) is 7. The summed E-state index contributed by atoms with van der Waals surface area (Å²) in [5.74, 6) is 1.54. The van der Waals surface area contributed by atoms with E-state index in [2.05, 4.69) is 14.8 Å². The Kier molecular flexibility index (Phi) is 6.43. The number of benzene rings is 1. The SMILES string of the molecule is Cc1cc(N2CCN(S(=O)(=O)Cc3ccc(Cl)cc3)CC2)nc(N2CCOCC2)n1. The standard InChI is InChI=1S/C20H26ClN5O3S/c1-16-14-19(23-20(22-16)25-10-12-29-13-11-25)24-6-8-26(9-7-24)30(27,28)15-17-2-4-18(21)5-3-17/h2-5,14H,6-13,15H2,1H3. The third-order valence-corrected chi connectivity index (χ3v) is 7.44. The van der Waals surface area contributed by atoms with E-state index >= 15 is 0 Å². The van der Waals surface area contributed by atoms with E-state index in [0.29, 0.717) is 50.4 Å². The van der Waals surface area contributed by atoms with Crippen LogP contribution in [0.1, 0.15) is 11.3 Å². The summed E-state index contributed by atoms with van der Waals surface area (Å²) in [6.45, 7) is 6.93. The average Bonchev–Trinajstić information content (AvgIpc) is 2.75. The van der Waals surface area contributed by atoms with Crippen LogP contribution >= 0.6 is 11.6 Å². The third kappa shape index (κ3) is 5.03. The van der Waals surface area contributed by atoms with Gasteiger partial charge in [-0.05, 0) is 24.6 Å². The van der Waals surface area contributed by atoms with Gasteiger partial charge in [0.15, 0.2) is 0 Å².